The van der Waals surface area contributed by atoms with Gasteiger partial charge in [0.05, 0.1) is 5.56 Å². The van der Waals surface area contributed by atoms with Crippen LogP contribution in [0.2, 0.25) is 0 Å². The number of aryl methyl sites for hydroxylation is 1. The summed E-state index contributed by atoms with van der Waals surface area (Å²) < 4.78 is 49.4. The van der Waals surface area contributed by atoms with E-state index in [1.165, 1.54) is 12.1 Å². The van der Waals surface area contributed by atoms with Gasteiger partial charge in [0.25, 0.3) is 5.91 Å². The van der Waals surface area contributed by atoms with Crippen LogP contribution >= 0.6 is 0 Å². The van der Waals surface area contributed by atoms with E-state index in [1.54, 1.807) is 12.1 Å². The number of halogens is 3. The first-order valence-corrected chi connectivity index (χ1v) is 8.80. The van der Waals surface area contributed by atoms with Crippen LogP contribution < -0.4 is 14.8 Å². The number of fused-ring (bicyclic) bond motifs is 1. The number of amides is 1. The minimum atomic E-state index is -4.51. The molecule has 0 fully saturated rings. The van der Waals surface area contributed by atoms with Crippen LogP contribution in [-0.2, 0) is 6.18 Å². The number of hydrogen-bond donors (Lipinski definition) is 1. The number of carbonyl (C=O) groups excluding carboxylic acids is 1. The van der Waals surface area contributed by atoms with Crippen LogP contribution in [0.4, 0.5) is 18.9 Å². The van der Waals surface area contributed by atoms with Crippen molar-refractivity contribution in [3.8, 4) is 22.6 Å². The van der Waals surface area contributed by atoms with E-state index in [4.69, 9.17) is 9.47 Å². The standard InChI is InChI=1S/C22H16F3NO3/c1-13-5-7-17(11-18(13)14-6-8-19-20(10-14)29-12-28-19)26-21(27)15-3-2-4-16(9-15)22(23,24)25/h2-11H,12H2,1H3,(H,26,27). The summed E-state index contributed by atoms with van der Waals surface area (Å²) in [6.45, 7) is 2.10. The molecule has 1 aliphatic heterocycles. The summed E-state index contributed by atoms with van der Waals surface area (Å²) in [7, 11) is 0. The number of carbonyl (C=O) groups is 1. The molecule has 0 aromatic heterocycles. The van der Waals surface area contributed by atoms with E-state index < -0.39 is 17.6 Å². The molecule has 1 amide bonds. The van der Waals surface area contributed by atoms with Gasteiger partial charge in [0.2, 0.25) is 6.79 Å². The fourth-order valence-corrected chi connectivity index (χ4v) is 3.11. The molecule has 0 saturated heterocycles. The molecular weight excluding hydrogens is 383 g/mol. The number of benzene rings is 3. The number of hydrogen-bond acceptors (Lipinski definition) is 3. The zero-order valence-electron chi connectivity index (χ0n) is 15.3. The number of nitrogens with one attached hydrogen (secondary N) is 1. The number of anilines is 1. The molecule has 7 heteroatoms. The summed E-state index contributed by atoms with van der Waals surface area (Å²) in [6.07, 6.45) is -4.51. The highest BCUT2D eigenvalue weighted by molar-refractivity contribution is 6.04. The van der Waals surface area contributed by atoms with E-state index in [0.29, 0.717) is 17.2 Å². The van der Waals surface area contributed by atoms with Crippen molar-refractivity contribution < 1.29 is 27.4 Å². The monoisotopic (exact) mass is 399 g/mol. The molecule has 0 atom stereocenters. The Kier molecular flexibility index (Phi) is 4.66. The fraction of sp³-hybridized carbons (Fsp3) is 0.136. The van der Waals surface area contributed by atoms with Gasteiger partial charge in [-0.15, -0.1) is 0 Å². The van der Waals surface area contributed by atoms with Crippen molar-refractivity contribution in [2.45, 2.75) is 13.1 Å². The van der Waals surface area contributed by atoms with Gasteiger partial charge in [-0.2, -0.15) is 13.2 Å². The molecule has 0 aliphatic carbocycles. The first kappa shape index (κ1) is 18.9. The van der Waals surface area contributed by atoms with Crippen molar-refractivity contribution in [2.24, 2.45) is 0 Å². The number of ether oxygens (including phenoxy) is 2. The van der Waals surface area contributed by atoms with E-state index in [-0.39, 0.29) is 12.4 Å². The van der Waals surface area contributed by atoms with Crippen molar-refractivity contribution >= 4 is 11.6 Å². The van der Waals surface area contributed by atoms with Crippen molar-refractivity contribution in [3.63, 3.8) is 0 Å². The molecule has 1 aliphatic rings. The van der Waals surface area contributed by atoms with Crippen LogP contribution in [0.15, 0.2) is 60.7 Å². The lowest BCUT2D eigenvalue weighted by molar-refractivity contribution is -0.137. The van der Waals surface area contributed by atoms with E-state index in [2.05, 4.69) is 5.32 Å². The highest BCUT2D eigenvalue weighted by Crippen LogP contribution is 2.37. The Morgan fingerprint density at radius 2 is 1.76 bits per heavy atom. The van der Waals surface area contributed by atoms with E-state index in [1.807, 2.05) is 31.2 Å². The third-order valence-electron chi connectivity index (χ3n) is 4.63. The third kappa shape index (κ3) is 3.89. The van der Waals surface area contributed by atoms with Gasteiger partial charge >= 0.3 is 6.18 Å². The van der Waals surface area contributed by atoms with Crippen LogP contribution in [0.5, 0.6) is 11.5 Å². The lowest BCUT2D eigenvalue weighted by atomic mass is 9.99. The SMILES string of the molecule is Cc1ccc(NC(=O)c2cccc(C(F)(F)F)c2)cc1-c1ccc2c(c1)OCO2. The predicted molar refractivity (Wildman–Crippen MR) is 102 cm³/mol. The summed E-state index contributed by atoms with van der Waals surface area (Å²) in [6, 6.07) is 15.2. The molecule has 4 nitrogen and oxygen atoms in total. The van der Waals surface area contributed by atoms with Gasteiger partial charge in [-0.1, -0.05) is 18.2 Å². The maximum atomic E-state index is 12.9. The lowest BCUT2D eigenvalue weighted by Crippen LogP contribution is -2.14. The number of alkyl halides is 3. The van der Waals surface area contributed by atoms with Crippen LogP contribution in [0, 0.1) is 6.92 Å². The van der Waals surface area contributed by atoms with E-state index in [0.717, 1.165) is 28.8 Å². The predicted octanol–water partition coefficient (Wildman–Crippen LogP) is 5.66. The largest absolute Gasteiger partial charge is 0.454 e. The molecule has 3 aromatic rings. The maximum absolute atomic E-state index is 12.9. The summed E-state index contributed by atoms with van der Waals surface area (Å²) in [5.41, 5.74) is 2.26. The zero-order chi connectivity index (χ0) is 20.6. The molecule has 1 N–H and O–H groups in total. The average molecular weight is 399 g/mol. The third-order valence-corrected chi connectivity index (χ3v) is 4.63. The first-order chi connectivity index (χ1) is 13.8. The Morgan fingerprint density at radius 1 is 0.966 bits per heavy atom. The molecule has 4 rings (SSSR count). The summed E-state index contributed by atoms with van der Waals surface area (Å²) in [5.74, 6) is 0.692. The molecule has 3 aromatic carbocycles. The van der Waals surface area contributed by atoms with Crippen LogP contribution in [0.3, 0.4) is 0 Å². The van der Waals surface area contributed by atoms with Crippen molar-refractivity contribution in [1.82, 2.24) is 0 Å². The summed E-state index contributed by atoms with van der Waals surface area (Å²) >= 11 is 0. The van der Waals surface area contributed by atoms with Gasteiger partial charge in [-0.3, -0.25) is 4.79 Å². The first-order valence-electron chi connectivity index (χ1n) is 8.80. The maximum Gasteiger partial charge on any atom is 0.416 e. The second-order valence-corrected chi connectivity index (χ2v) is 6.63. The molecule has 0 saturated carbocycles. The molecule has 29 heavy (non-hydrogen) atoms. The highest BCUT2D eigenvalue weighted by atomic mass is 19.4. The fourth-order valence-electron chi connectivity index (χ4n) is 3.11. The van der Waals surface area contributed by atoms with Crippen molar-refractivity contribution in [2.75, 3.05) is 12.1 Å². The Balaban J connectivity index is 1.60. The van der Waals surface area contributed by atoms with Gasteiger partial charge < -0.3 is 14.8 Å². The summed E-state index contributed by atoms with van der Waals surface area (Å²) in [5, 5.41) is 2.66. The molecule has 0 radical (unpaired) electrons. The topological polar surface area (TPSA) is 47.6 Å². The zero-order valence-corrected chi connectivity index (χ0v) is 15.3. The number of rotatable bonds is 3. The Bertz CT molecular complexity index is 1090. The molecule has 0 spiro atoms. The lowest BCUT2D eigenvalue weighted by Gasteiger charge is -2.12. The van der Waals surface area contributed by atoms with E-state index in [9.17, 15) is 18.0 Å². The Morgan fingerprint density at radius 3 is 2.55 bits per heavy atom. The van der Waals surface area contributed by atoms with Gasteiger partial charge in [-0.05, 0) is 66.1 Å². The van der Waals surface area contributed by atoms with Crippen molar-refractivity contribution in [3.05, 3.63) is 77.4 Å². The molecular formula is C22H16F3NO3. The van der Waals surface area contributed by atoms with Crippen LogP contribution in [0.1, 0.15) is 21.5 Å². The summed E-state index contributed by atoms with van der Waals surface area (Å²) in [4.78, 5) is 12.5. The molecule has 0 unspecified atom stereocenters. The Labute approximate surface area is 164 Å². The normalized spacial score (nSPS) is 12.7. The second-order valence-electron chi connectivity index (χ2n) is 6.63. The molecule has 0 bridgehead atoms. The van der Waals surface area contributed by atoms with Crippen LogP contribution in [0.25, 0.3) is 11.1 Å². The average Bonchev–Trinajstić information content (AvgIpc) is 3.16. The minimum Gasteiger partial charge on any atom is -0.454 e. The Hall–Kier alpha value is -3.48. The van der Waals surface area contributed by atoms with E-state index >= 15 is 0 Å². The molecule has 1 heterocycles. The second kappa shape index (κ2) is 7.16. The van der Waals surface area contributed by atoms with Gasteiger partial charge in [0.15, 0.2) is 11.5 Å². The van der Waals surface area contributed by atoms with Gasteiger partial charge in [0.1, 0.15) is 0 Å². The smallest absolute Gasteiger partial charge is 0.416 e. The van der Waals surface area contributed by atoms with Gasteiger partial charge in [-0.25, -0.2) is 0 Å². The minimum absolute atomic E-state index is 0.0648. The van der Waals surface area contributed by atoms with Crippen molar-refractivity contribution in [1.29, 1.82) is 0 Å². The van der Waals surface area contributed by atoms with Gasteiger partial charge in [0, 0.05) is 11.3 Å². The quantitative estimate of drug-likeness (QED) is 0.618. The highest BCUT2D eigenvalue weighted by Gasteiger charge is 2.30. The molecule has 148 valence electrons. The van der Waals surface area contributed by atoms with Crippen LogP contribution in [-0.4, -0.2) is 12.7 Å².